The van der Waals surface area contributed by atoms with Crippen LogP contribution in [-0.4, -0.2) is 62.8 Å². The van der Waals surface area contributed by atoms with Gasteiger partial charge in [0.15, 0.2) is 12.1 Å². The molecule has 2 N–H and O–H groups in total. The van der Waals surface area contributed by atoms with Crippen LogP contribution in [0.15, 0.2) is 0 Å². The molecule has 0 bridgehead atoms. The summed E-state index contributed by atoms with van der Waals surface area (Å²) >= 11 is 0. The first-order chi connectivity index (χ1) is 9.05. The van der Waals surface area contributed by atoms with E-state index < -0.39 is 5.79 Å². The molecule has 3 atom stereocenters. The van der Waals surface area contributed by atoms with Crippen molar-refractivity contribution in [2.45, 2.75) is 44.5 Å². The van der Waals surface area contributed by atoms with E-state index in [0.29, 0.717) is 26.2 Å². The summed E-state index contributed by atoms with van der Waals surface area (Å²) in [5.41, 5.74) is 0. The Morgan fingerprint density at radius 2 is 2.00 bits per heavy atom. The van der Waals surface area contributed by atoms with Gasteiger partial charge in [-0.3, -0.25) is 0 Å². The number of hydrogen-bond acceptors (Lipinski definition) is 6. The number of hydrogen-bond donors (Lipinski definition) is 2. The number of aliphatic hydroxyl groups is 1. The average molecular weight is 275 g/mol. The van der Waals surface area contributed by atoms with E-state index in [0.717, 1.165) is 0 Å². The molecule has 0 radical (unpaired) electrons. The molecule has 2 aliphatic rings. The highest BCUT2D eigenvalue weighted by atomic mass is 16.7. The lowest BCUT2D eigenvalue weighted by Crippen LogP contribution is -2.45. The Hall–Kier alpha value is -0.240. The van der Waals surface area contributed by atoms with Crippen LogP contribution in [0.5, 0.6) is 0 Å². The first-order valence-electron chi connectivity index (χ1n) is 6.89. The van der Waals surface area contributed by atoms with Crippen molar-refractivity contribution in [1.82, 2.24) is 5.32 Å². The van der Waals surface area contributed by atoms with Gasteiger partial charge < -0.3 is 29.4 Å². The van der Waals surface area contributed by atoms with Gasteiger partial charge in [-0.2, -0.15) is 0 Å². The molecule has 2 rings (SSSR count). The van der Waals surface area contributed by atoms with Crippen molar-refractivity contribution in [1.29, 1.82) is 0 Å². The zero-order valence-electron chi connectivity index (χ0n) is 11.9. The van der Waals surface area contributed by atoms with E-state index in [1.807, 2.05) is 20.9 Å². The Labute approximate surface area is 114 Å². The lowest BCUT2D eigenvalue weighted by molar-refractivity contribution is -0.149. The normalized spacial score (nSPS) is 30.6. The Morgan fingerprint density at radius 3 is 2.47 bits per heavy atom. The molecule has 0 aromatic carbocycles. The van der Waals surface area contributed by atoms with Crippen LogP contribution in [0.2, 0.25) is 0 Å². The van der Waals surface area contributed by atoms with Gasteiger partial charge in [0.1, 0.15) is 0 Å². The topological polar surface area (TPSA) is 69.2 Å². The molecule has 0 amide bonds. The van der Waals surface area contributed by atoms with E-state index in [4.69, 9.17) is 18.9 Å². The monoisotopic (exact) mass is 275 g/mol. The van der Waals surface area contributed by atoms with Gasteiger partial charge in [-0.05, 0) is 20.9 Å². The minimum Gasteiger partial charge on any atom is -0.396 e. The molecule has 19 heavy (non-hydrogen) atoms. The third-order valence-corrected chi connectivity index (χ3v) is 3.74. The SMILES string of the molecule is CNC(CC1OCCO1)C(CO)[C@@H]1COC(C)(C)O1. The average Bonchev–Trinajstić information content (AvgIpc) is 2.98. The highest BCUT2D eigenvalue weighted by molar-refractivity contribution is 4.86. The van der Waals surface area contributed by atoms with Gasteiger partial charge in [0.25, 0.3) is 0 Å². The number of rotatable bonds is 6. The fraction of sp³-hybridized carbons (Fsp3) is 1.00. The molecule has 6 heteroatoms. The van der Waals surface area contributed by atoms with Crippen LogP contribution in [0.4, 0.5) is 0 Å². The van der Waals surface area contributed by atoms with Gasteiger partial charge in [0, 0.05) is 25.0 Å². The zero-order chi connectivity index (χ0) is 13.9. The van der Waals surface area contributed by atoms with Crippen LogP contribution in [0.25, 0.3) is 0 Å². The second kappa shape index (κ2) is 6.47. The predicted octanol–water partition coefficient (Wildman–Crippen LogP) is 0.0974. The summed E-state index contributed by atoms with van der Waals surface area (Å²) in [6, 6.07) is 0.0654. The van der Waals surface area contributed by atoms with Crippen molar-refractivity contribution in [3.05, 3.63) is 0 Å². The number of aliphatic hydroxyl groups excluding tert-OH is 1. The van der Waals surface area contributed by atoms with E-state index in [-0.39, 0.29) is 31.0 Å². The third kappa shape index (κ3) is 3.87. The van der Waals surface area contributed by atoms with E-state index in [1.165, 1.54) is 0 Å². The van der Waals surface area contributed by atoms with Gasteiger partial charge in [-0.15, -0.1) is 0 Å². The van der Waals surface area contributed by atoms with Gasteiger partial charge in [-0.1, -0.05) is 0 Å². The number of nitrogens with one attached hydrogen (secondary N) is 1. The minimum absolute atomic E-state index is 0.0421. The van der Waals surface area contributed by atoms with Crippen LogP contribution >= 0.6 is 0 Å². The molecule has 112 valence electrons. The van der Waals surface area contributed by atoms with Crippen molar-refractivity contribution < 1.29 is 24.1 Å². The van der Waals surface area contributed by atoms with E-state index >= 15 is 0 Å². The van der Waals surface area contributed by atoms with E-state index in [1.54, 1.807) is 0 Å². The fourth-order valence-electron chi connectivity index (χ4n) is 2.69. The molecule has 6 nitrogen and oxygen atoms in total. The lowest BCUT2D eigenvalue weighted by atomic mass is 9.92. The summed E-state index contributed by atoms with van der Waals surface area (Å²) in [5, 5.41) is 12.9. The number of ether oxygens (including phenoxy) is 4. The second-order valence-corrected chi connectivity index (χ2v) is 5.52. The molecule has 0 aromatic rings. The maximum Gasteiger partial charge on any atom is 0.163 e. The van der Waals surface area contributed by atoms with Crippen LogP contribution < -0.4 is 5.32 Å². The van der Waals surface area contributed by atoms with Crippen LogP contribution in [0, 0.1) is 5.92 Å². The van der Waals surface area contributed by atoms with Crippen molar-refractivity contribution >= 4 is 0 Å². The van der Waals surface area contributed by atoms with Crippen LogP contribution in [0.3, 0.4) is 0 Å². The Kier molecular flexibility index (Phi) is 5.16. The molecule has 2 unspecified atom stereocenters. The smallest absolute Gasteiger partial charge is 0.163 e. The largest absolute Gasteiger partial charge is 0.396 e. The molecular formula is C13H25NO5. The first kappa shape index (κ1) is 15.2. The minimum atomic E-state index is -0.573. The van der Waals surface area contributed by atoms with Crippen molar-refractivity contribution in [3.63, 3.8) is 0 Å². The fourth-order valence-corrected chi connectivity index (χ4v) is 2.69. The van der Waals surface area contributed by atoms with Crippen LogP contribution in [-0.2, 0) is 18.9 Å². The molecule has 2 fully saturated rings. The molecule has 0 aliphatic carbocycles. The Balaban J connectivity index is 1.93. The predicted molar refractivity (Wildman–Crippen MR) is 68.6 cm³/mol. The summed E-state index contributed by atoms with van der Waals surface area (Å²) in [5.74, 6) is -0.615. The van der Waals surface area contributed by atoms with Crippen molar-refractivity contribution in [3.8, 4) is 0 Å². The summed E-state index contributed by atoms with van der Waals surface area (Å²) in [4.78, 5) is 0. The van der Waals surface area contributed by atoms with E-state index in [2.05, 4.69) is 5.32 Å². The van der Waals surface area contributed by atoms with Crippen LogP contribution in [0.1, 0.15) is 20.3 Å². The third-order valence-electron chi connectivity index (χ3n) is 3.74. The quantitative estimate of drug-likeness (QED) is 0.716. The summed E-state index contributed by atoms with van der Waals surface area (Å²) in [7, 11) is 1.88. The summed E-state index contributed by atoms with van der Waals surface area (Å²) < 4.78 is 22.4. The Morgan fingerprint density at radius 1 is 1.32 bits per heavy atom. The second-order valence-electron chi connectivity index (χ2n) is 5.52. The van der Waals surface area contributed by atoms with Gasteiger partial charge in [-0.25, -0.2) is 0 Å². The standard InChI is InChI=1S/C13H25NO5/c1-13(2)18-8-11(19-13)9(7-15)10(14-3)6-12-16-4-5-17-12/h9-12,14-15H,4-8H2,1-3H3/t9?,10?,11-/m0/s1. The first-order valence-corrected chi connectivity index (χ1v) is 6.89. The highest BCUT2D eigenvalue weighted by Gasteiger charge is 2.40. The molecule has 2 saturated heterocycles. The maximum atomic E-state index is 9.67. The highest BCUT2D eigenvalue weighted by Crippen LogP contribution is 2.29. The summed E-state index contributed by atoms with van der Waals surface area (Å²) in [6.07, 6.45) is 0.392. The molecular weight excluding hydrogens is 250 g/mol. The molecule has 0 spiro atoms. The molecule has 2 heterocycles. The molecule has 0 saturated carbocycles. The van der Waals surface area contributed by atoms with Gasteiger partial charge in [0.05, 0.1) is 25.9 Å². The summed E-state index contributed by atoms with van der Waals surface area (Å²) in [6.45, 7) is 5.60. The molecule has 2 aliphatic heterocycles. The molecule has 0 aromatic heterocycles. The van der Waals surface area contributed by atoms with E-state index in [9.17, 15) is 5.11 Å². The van der Waals surface area contributed by atoms with Crippen molar-refractivity contribution in [2.24, 2.45) is 5.92 Å². The lowest BCUT2D eigenvalue weighted by Gasteiger charge is -2.31. The zero-order valence-corrected chi connectivity index (χ0v) is 11.9. The Bertz CT molecular complexity index is 280. The van der Waals surface area contributed by atoms with Crippen molar-refractivity contribution in [2.75, 3.05) is 33.5 Å². The van der Waals surface area contributed by atoms with Gasteiger partial charge >= 0.3 is 0 Å². The maximum absolute atomic E-state index is 9.67. The van der Waals surface area contributed by atoms with Gasteiger partial charge in [0.2, 0.25) is 0 Å².